The summed E-state index contributed by atoms with van der Waals surface area (Å²) in [5, 5.41) is 0. The molecule has 2 unspecified atom stereocenters. The van der Waals surface area contributed by atoms with Gasteiger partial charge in [-0.1, -0.05) is 26.2 Å². The van der Waals surface area contributed by atoms with Gasteiger partial charge in [0.2, 0.25) is 0 Å². The first-order valence-electron chi connectivity index (χ1n) is 6.12. The molecular formula is C13H22O. The highest BCUT2D eigenvalue weighted by molar-refractivity contribution is 4.89. The third-order valence-electron chi connectivity index (χ3n) is 3.70. The maximum Gasteiger partial charge on any atom is 0.0575 e. The van der Waals surface area contributed by atoms with Crippen LogP contribution >= 0.6 is 0 Å². The Morgan fingerprint density at radius 3 is 2.71 bits per heavy atom. The van der Waals surface area contributed by atoms with Crippen LogP contribution in [-0.4, -0.2) is 12.7 Å². The van der Waals surface area contributed by atoms with Gasteiger partial charge in [0, 0.05) is 0 Å². The van der Waals surface area contributed by atoms with E-state index in [1.807, 2.05) is 0 Å². The summed E-state index contributed by atoms with van der Waals surface area (Å²) in [6.45, 7) is 4.95. The lowest BCUT2D eigenvalue weighted by atomic mass is 10.0. The van der Waals surface area contributed by atoms with E-state index in [9.17, 15) is 0 Å². The van der Waals surface area contributed by atoms with Crippen molar-refractivity contribution in [1.29, 1.82) is 0 Å². The van der Waals surface area contributed by atoms with Crippen molar-refractivity contribution in [3.05, 3.63) is 13.3 Å². The van der Waals surface area contributed by atoms with Crippen LogP contribution in [0.1, 0.15) is 44.9 Å². The van der Waals surface area contributed by atoms with Crippen LogP contribution in [-0.2, 0) is 4.74 Å². The lowest BCUT2D eigenvalue weighted by molar-refractivity contribution is 0.0399. The molecule has 0 heterocycles. The van der Waals surface area contributed by atoms with Gasteiger partial charge in [0.25, 0.3) is 0 Å². The molecule has 2 rings (SSSR count). The van der Waals surface area contributed by atoms with Crippen molar-refractivity contribution in [2.24, 2.45) is 11.8 Å². The zero-order valence-electron chi connectivity index (χ0n) is 9.08. The predicted molar refractivity (Wildman–Crippen MR) is 58.7 cm³/mol. The average Bonchev–Trinajstić information content (AvgIpc) is 2.86. The molecule has 1 nitrogen and oxygen atoms in total. The topological polar surface area (TPSA) is 9.23 Å². The highest BCUT2D eigenvalue weighted by atomic mass is 16.5. The van der Waals surface area contributed by atoms with E-state index in [4.69, 9.17) is 4.74 Å². The molecule has 0 amide bonds. The molecule has 2 fully saturated rings. The van der Waals surface area contributed by atoms with E-state index >= 15 is 0 Å². The van der Waals surface area contributed by atoms with Crippen molar-refractivity contribution in [2.45, 2.75) is 51.0 Å². The highest BCUT2D eigenvalue weighted by Crippen LogP contribution is 2.33. The molecule has 0 spiro atoms. The molecule has 0 saturated heterocycles. The summed E-state index contributed by atoms with van der Waals surface area (Å²) < 4.78 is 5.93. The maximum absolute atomic E-state index is 5.93. The molecule has 2 aliphatic carbocycles. The van der Waals surface area contributed by atoms with Crippen LogP contribution in [0.25, 0.3) is 0 Å². The second kappa shape index (κ2) is 5.16. The van der Waals surface area contributed by atoms with Crippen LogP contribution in [0, 0.1) is 25.2 Å². The zero-order valence-corrected chi connectivity index (χ0v) is 9.08. The van der Waals surface area contributed by atoms with E-state index < -0.39 is 0 Å². The molecule has 2 atom stereocenters. The van der Waals surface area contributed by atoms with Gasteiger partial charge in [-0.2, -0.15) is 0 Å². The molecule has 14 heavy (non-hydrogen) atoms. The standard InChI is InChI=1S/C13H22O/c1-2-11-7-8-12(9-11)10-14-13-5-3-4-6-13/h8,11-13H,1-7,9-10H2. The second-order valence-corrected chi connectivity index (χ2v) is 4.86. The monoisotopic (exact) mass is 194 g/mol. The third-order valence-corrected chi connectivity index (χ3v) is 3.70. The van der Waals surface area contributed by atoms with Crippen LogP contribution < -0.4 is 0 Å². The molecule has 2 aliphatic rings. The van der Waals surface area contributed by atoms with Crippen molar-refractivity contribution in [3.63, 3.8) is 0 Å². The van der Waals surface area contributed by atoms with Crippen LogP contribution in [0.2, 0.25) is 0 Å². The Kier molecular flexibility index (Phi) is 3.86. The minimum Gasteiger partial charge on any atom is -0.378 e. The van der Waals surface area contributed by atoms with E-state index in [1.54, 1.807) is 0 Å². The molecule has 80 valence electrons. The third kappa shape index (κ3) is 2.73. The molecule has 0 bridgehead atoms. The smallest absolute Gasteiger partial charge is 0.0575 e. The minimum absolute atomic E-state index is 0.585. The first kappa shape index (κ1) is 10.5. The molecule has 0 aliphatic heterocycles. The summed E-state index contributed by atoms with van der Waals surface area (Å²) in [6.07, 6.45) is 12.1. The van der Waals surface area contributed by atoms with Crippen molar-refractivity contribution in [3.8, 4) is 0 Å². The molecule has 0 aromatic rings. The molecule has 2 radical (unpaired) electrons. The molecule has 0 aromatic carbocycles. The van der Waals surface area contributed by atoms with E-state index in [0.717, 1.165) is 24.9 Å². The van der Waals surface area contributed by atoms with Crippen molar-refractivity contribution in [2.75, 3.05) is 6.61 Å². The summed E-state index contributed by atoms with van der Waals surface area (Å²) in [5.41, 5.74) is 0. The Balaban J connectivity index is 1.61. The Bertz CT molecular complexity index is 161. The first-order valence-corrected chi connectivity index (χ1v) is 6.12. The first-order chi connectivity index (χ1) is 6.88. The lowest BCUT2D eigenvalue weighted by Crippen LogP contribution is -2.14. The fourth-order valence-corrected chi connectivity index (χ4v) is 2.69. The number of rotatable bonds is 4. The Morgan fingerprint density at radius 2 is 2.07 bits per heavy atom. The fraction of sp³-hybridized carbons (Fsp3) is 0.846. The molecular weight excluding hydrogens is 172 g/mol. The van der Waals surface area contributed by atoms with Gasteiger partial charge in [-0.05, 0) is 43.9 Å². The zero-order chi connectivity index (χ0) is 9.80. The van der Waals surface area contributed by atoms with Gasteiger partial charge in [0.1, 0.15) is 0 Å². The number of hydrogen-bond acceptors (Lipinski definition) is 1. The van der Waals surface area contributed by atoms with E-state index in [2.05, 4.69) is 13.3 Å². The summed E-state index contributed by atoms with van der Waals surface area (Å²) >= 11 is 0. The molecule has 1 heteroatoms. The summed E-state index contributed by atoms with van der Waals surface area (Å²) in [4.78, 5) is 0. The summed E-state index contributed by atoms with van der Waals surface area (Å²) in [7, 11) is 0. The second-order valence-electron chi connectivity index (χ2n) is 4.86. The van der Waals surface area contributed by atoms with Gasteiger partial charge in [-0.15, -0.1) is 0 Å². The summed E-state index contributed by atoms with van der Waals surface area (Å²) in [5.74, 6) is 1.56. The highest BCUT2D eigenvalue weighted by Gasteiger charge is 2.25. The minimum atomic E-state index is 0.585. The summed E-state index contributed by atoms with van der Waals surface area (Å²) in [6, 6.07) is 0. The van der Waals surface area contributed by atoms with Crippen LogP contribution in [0.5, 0.6) is 0 Å². The van der Waals surface area contributed by atoms with Crippen LogP contribution in [0.3, 0.4) is 0 Å². The Labute approximate surface area is 88.2 Å². The van der Waals surface area contributed by atoms with Gasteiger partial charge in [-0.3, -0.25) is 0 Å². The number of hydrogen-bond donors (Lipinski definition) is 0. The van der Waals surface area contributed by atoms with Gasteiger partial charge in [0.05, 0.1) is 12.7 Å². The van der Waals surface area contributed by atoms with Gasteiger partial charge < -0.3 is 4.74 Å². The normalized spacial score (nSPS) is 34.1. The number of ether oxygens (including phenoxy) is 1. The Hall–Kier alpha value is -0.0400. The van der Waals surface area contributed by atoms with E-state index in [-0.39, 0.29) is 0 Å². The predicted octanol–water partition coefficient (Wildman–Crippen LogP) is 3.40. The van der Waals surface area contributed by atoms with Gasteiger partial charge in [-0.25, -0.2) is 0 Å². The molecule has 0 N–H and O–H groups in total. The van der Waals surface area contributed by atoms with E-state index in [0.29, 0.717) is 6.10 Å². The largest absolute Gasteiger partial charge is 0.378 e. The van der Waals surface area contributed by atoms with Crippen molar-refractivity contribution >= 4 is 0 Å². The fourth-order valence-electron chi connectivity index (χ4n) is 2.69. The van der Waals surface area contributed by atoms with Crippen molar-refractivity contribution in [1.82, 2.24) is 0 Å². The SMILES string of the molecule is [CH2]CC1C[CH]C(COC2CCCC2)C1. The van der Waals surface area contributed by atoms with Crippen molar-refractivity contribution < 1.29 is 4.74 Å². The van der Waals surface area contributed by atoms with Gasteiger partial charge in [0.15, 0.2) is 0 Å². The van der Waals surface area contributed by atoms with Crippen LogP contribution in [0.4, 0.5) is 0 Å². The molecule has 0 aromatic heterocycles. The Morgan fingerprint density at radius 1 is 1.29 bits per heavy atom. The average molecular weight is 194 g/mol. The van der Waals surface area contributed by atoms with Crippen LogP contribution in [0.15, 0.2) is 0 Å². The van der Waals surface area contributed by atoms with Gasteiger partial charge >= 0.3 is 0 Å². The maximum atomic E-state index is 5.93. The molecule has 2 saturated carbocycles. The van der Waals surface area contributed by atoms with E-state index in [1.165, 1.54) is 38.5 Å². The lowest BCUT2D eigenvalue weighted by Gasteiger charge is -2.15. The quantitative estimate of drug-likeness (QED) is 0.666.